The minimum absolute atomic E-state index is 0.329. The number of likely N-dealkylation sites (N-methyl/N-ethyl adjacent to an activating group) is 1. The number of benzene rings is 1. The number of halogens is 2. The van der Waals surface area contributed by atoms with E-state index in [0.717, 1.165) is 6.08 Å². The molecule has 0 spiro atoms. The molecule has 0 aliphatic rings. The normalized spacial score (nSPS) is 10.7. The van der Waals surface area contributed by atoms with Crippen LogP contribution in [-0.2, 0) is 9.45 Å². The van der Waals surface area contributed by atoms with Gasteiger partial charge in [-0.3, -0.25) is 4.79 Å². The van der Waals surface area contributed by atoms with E-state index >= 15 is 0 Å². The summed E-state index contributed by atoms with van der Waals surface area (Å²) < 4.78 is 27.4. The largest absolute Gasteiger partial charge is 0.798 e. The summed E-state index contributed by atoms with van der Waals surface area (Å²) in [6.07, 6.45) is 0.917. The number of hydrogen-bond acceptors (Lipinski definition) is 4. The molecule has 1 rings (SSSR count). The lowest BCUT2D eigenvalue weighted by atomic mass is 10.1. The maximum atomic E-state index is 11.9. The van der Waals surface area contributed by atoms with Gasteiger partial charge in [-0.15, -0.1) is 0 Å². The molecule has 1 aromatic rings. The highest BCUT2D eigenvalue weighted by Gasteiger charge is 2.24. The van der Waals surface area contributed by atoms with E-state index < -0.39 is 19.2 Å². The Bertz CT molecular complexity index is 463. The van der Waals surface area contributed by atoms with Crippen LogP contribution < -0.4 is 5.32 Å². The summed E-state index contributed by atoms with van der Waals surface area (Å²) in [5.41, 5.74) is 0.0132. The van der Waals surface area contributed by atoms with E-state index in [4.69, 9.17) is 0 Å². The summed E-state index contributed by atoms with van der Waals surface area (Å²) in [6.45, 7) is 0. The Kier molecular flexibility index (Phi) is 5.04. The second-order valence-corrected chi connectivity index (χ2v) is 3.20. The van der Waals surface area contributed by atoms with E-state index in [0.29, 0.717) is 5.56 Å². The number of hydrogen-bond donors (Lipinski definition) is 1. The molecule has 0 aliphatic heterocycles. The predicted octanol–water partition coefficient (Wildman–Crippen LogP) is 1.44. The number of carbonyl (C=O) groups is 2. The van der Waals surface area contributed by atoms with Gasteiger partial charge in [0.05, 0.1) is 0 Å². The van der Waals surface area contributed by atoms with Crippen LogP contribution in [0, 0.1) is 0 Å². The summed E-state index contributed by atoms with van der Waals surface area (Å²) >= 11 is 0. The second-order valence-electron chi connectivity index (χ2n) is 3.20. The van der Waals surface area contributed by atoms with Gasteiger partial charge >= 0.3 is 13.4 Å². The van der Waals surface area contributed by atoms with Crippen LogP contribution in [0.25, 0.3) is 0 Å². The van der Waals surface area contributed by atoms with Crippen molar-refractivity contribution in [3.63, 3.8) is 0 Å². The molecule has 7 heteroatoms. The van der Waals surface area contributed by atoms with Crippen LogP contribution >= 0.6 is 0 Å². The van der Waals surface area contributed by atoms with Crippen molar-refractivity contribution in [2.45, 2.75) is 0 Å². The van der Waals surface area contributed by atoms with Crippen LogP contribution in [0.3, 0.4) is 0 Å². The minimum atomic E-state index is -3.22. The van der Waals surface area contributed by atoms with E-state index in [-0.39, 0.29) is 5.70 Å². The van der Waals surface area contributed by atoms with Gasteiger partial charge in [-0.2, -0.15) is 0 Å². The molecular weight excluding hydrogens is 243 g/mol. The first-order valence-corrected chi connectivity index (χ1v) is 5.02. The predicted molar refractivity (Wildman–Crippen MR) is 62.0 cm³/mol. The van der Waals surface area contributed by atoms with Crippen LogP contribution in [0.4, 0.5) is 8.63 Å². The molecule has 0 atom stereocenters. The Hall–Kier alpha value is -2.18. The van der Waals surface area contributed by atoms with E-state index in [1.165, 1.54) is 7.05 Å². The molecule has 0 radical (unpaired) electrons. The first-order valence-electron chi connectivity index (χ1n) is 5.02. The molecule has 0 heterocycles. The van der Waals surface area contributed by atoms with Gasteiger partial charge in [-0.05, 0) is 0 Å². The van der Waals surface area contributed by atoms with Gasteiger partial charge in [-0.1, -0.05) is 30.3 Å². The summed E-state index contributed by atoms with van der Waals surface area (Å²) in [6, 6.07) is 8.12. The Balaban J connectivity index is 2.85. The monoisotopic (exact) mass is 253 g/mol. The van der Waals surface area contributed by atoms with Gasteiger partial charge in [0.1, 0.15) is 5.70 Å². The zero-order chi connectivity index (χ0) is 13.5. The van der Waals surface area contributed by atoms with E-state index in [1.807, 2.05) is 0 Å². The molecule has 0 saturated carbocycles. The lowest BCUT2D eigenvalue weighted by Crippen LogP contribution is -2.23. The van der Waals surface area contributed by atoms with Gasteiger partial charge in [0.15, 0.2) is 5.78 Å². The summed E-state index contributed by atoms with van der Waals surface area (Å²) in [5, 5.41) is 2.34. The number of allylic oxidation sites excluding steroid dienone is 1. The first-order chi connectivity index (χ1) is 8.54. The maximum absolute atomic E-state index is 11.9. The molecule has 1 aromatic carbocycles. The van der Waals surface area contributed by atoms with Crippen LogP contribution in [-0.4, -0.2) is 26.3 Å². The Morgan fingerprint density at radius 2 is 1.89 bits per heavy atom. The summed E-state index contributed by atoms with van der Waals surface area (Å²) in [4.78, 5) is 22.9. The zero-order valence-electron chi connectivity index (χ0n) is 9.52. The molecule has 0 saturated heterocycles. The van der Waals surface area contributed by atoms with Crippen molar-refractivity contribution in [1.82, 2.24) is 5.32 Å². The smallest absolute Gasteiger partial charge is 0.473 e. The van der Waals surface area contributed by atoms with Crippen molar-refractivity contribution in [3.05, 3.63) is 47.7 Å². The third kappa shape index (κ3) is 4.01. The average molecular weight is 253 g/mol. The summed E-state index contributed by atoms with van der Waals surface area (Å²) in [5.74, 6) is -1.76. The molecule has 0 bridgehead atoms. The van der Waals surface area contributed by atoms with Crippen molar-refractivity contribution in [2.75, 3.05) is 7.05 Å². The molecule has 94 valence electrons. The van der Waals surface area contributed by atoms with Gasteiger partial charge in [0.2, 0.25) is 0 Å². The molecule has 1 N–H and O–H groups in total. The lowest BCUT2D eigenvalue weighted by Gasteiger charge is -2.05. The highest BCUT2D eigenvalue weighted by atomic mass is 19.2. The number of ketones is 1. The number of nitrogens with one attached hydrogen (secondary N) is 1. The van der Waals surface area contributed by atoms with Crippen molar-refractivity contribution >= 4 is 19.2 Å². The first kappa shape index (κ1) is 13.9. The molecule has 0 aliphatic carbocycles. The van der Waals surface area contributed by atoms with Crippen molar-refractivity contribution in [3.8, 4) is 0 Å². The molecule has 18 heavy (non-hydrogen) atoms. The second kappa shape index (κ2) is 6.53. The molecular formula is C11H10BF2NO3. The third-order valence-corrected chi connectivity index (χ3v) is 2.02. The fraction of sp³-hybridized carbons (Fsp3) is 0.0909. The van der Waals surface area contributed by atoms with Crippen molar-refractivity contribution in [1.29, 1.82) is 0 Å². The molecule has 0 aromatic heterocycles. The number of rotatable bonds is 5. The minimum Gasteiger partial charge on any atom is -0.473 e. The van der Waals surface area contributed by atoms with Crippen LogP contribution in [0.15, 0.2) is 42.1 Å². The molecule has 0 amide bonds. The van der Waals surface area contributed by atoms with E-state index in [2.05, 4.69) is 9.97 Å². The average Bonchev–Trinajstić information content (AvgIpc) is 2.35. The standard InChI is InChI=1S/C11H10BF2NO3/c1-15-9(11(17)18-12(13)14)7-10(16)8-5-3-2-4-6-8/h2-7,15H,1H3. The third-order valence-electron chi connectivity index (χ3n) is 2.02. The van der Waals surface area contributed by atoms with Gasteiger partial charge in [0.25, 0.3) is 0 Å². The Morgan fingerprint density at radius 1 is 1.28 bits per heavy atom. The Morgan fingerprint density at radius 3 is 2.39 bits per heavy atom. The molecule has 0 unspecified atom stereocenters. The fourth-order valence-corrected chi connectivity index (χ4v) is 1.19. The van der Waals surface area contributed by atoms with Crippen LogP contribution in [0.1, 0.15) is 10.4 Å². The van der Waals surface area contributed by atoms with Gasteiger partial charge in [0, 0.05) is 18.7 Å². The highest BCUT2D eigenvalue weighted by Crippen LogP contribution is 2.04. The van der Waals surface area contributed by atoms with Gasteiger partial charge < -0.3 is 9.97 Å². The van der Waals surface area contributed by atoms with E-state index in [1.54, 1.807) is 30.3 Å². The molecule has 0 fully saturated rings. The van der Waals surface area contributed by atoms with Gasteiger partial charge in [-0.25, -0.2) is 13.4 Å². The lowest BCUT2D eigenvalue weighted by molar-refractivity contribution is -0.132. The van der Waals surface area contributed by atoms with Crippen molar-refractivity contribution in [2.24, 2.45) is 0 Å². The summed E-state index contributed by atoms with van der Waals surface area (Å²) in [7, 11) is -1.89. The highest BCUT2D eigenvalue weighted by molar-refractivity contribution is 6.38. The topological polar surface area (TPSA) is 55.4 Å². The maximum Gasteiger partial charge on any atom is 0.798 e. The Labute approximate surface area is 103 Å². The quantitative estimate of drug-likeness (QED) is 0.490. The van der Waals surface area contributed by atoms with Crippen LogP contribution in [0.5, 0.6) is 0 Å². The van der Waals surface area contributed by atoms with E-state index in [9.17, 15) is 18.2 Å². The van der Waals surface area contributed by atoms with Crippen molar-refractivity contribution < 1.29 is 22.9 Å². The number of carbonyl (C=O) groups excluding carboxylic acids is 2. The fourth-order valence-electron chi connectivity index (χ4n) is 1.19. The van der Waals surface area contributed by atoms with Crippen LogP contribution in [0.2, 0.25) is 0 Å². The zero-order valence-corrected chi connectivity index (χ0v) is 9.52. The SMILES string of the molecule is CNC(=CC(=O)c1ccccc1)C(=O)OB(F)F. The molecule has 4 nitrogen and oxygen atoms in total.